The van der Waals surface area contributed by atoms with Gasteiger partial charge < -0.3 is 5.32 Å². The van der Waals surface area contributed by atoms with Crippen LogP contribution in [-0.4, -0.2) is 35.9 Å². The van der Waals surface area contributed by atoms with Gasteiger partial charge in [0.05, 0.1) is 0 Å². The van der Waals surface area contributed by atoms with Gasteiger partial charge >= 0.3 is 0 Å². The van der Waals surface area contributed by atoms with Crippen molar-refractivity contribution >= 4 is 59.7 Å². The summed E-state index contributed by atoms with van der Waals surface area (Å²) in [6, 6.07) is 1.86. The lowest BCUT2D eigenvalue weighted by Gasteiger charge is -2.13. The van der Waals surface area contributed by atoms with Gasteiger partial charge in [-0.15, -0.1) is 21.5 Å². The molecular weight excluding hydrogens is 400 g/mol. The molecule has 2 rings (SSSR count). The normalized spacial score (nSPS) is 11.8. The third-order valence-corrected chi connectivity index (χ3v) is 6.99. The van der Waals surface area contributed by atoms with E-state index in [4.69, 9.17) is 0 Å². The van der Waals surface area contributed by atoms with Crippen LogP contribution in [0.1, 0.15) is 11.8 Å². The van der Waals surface area contributed by atoms with Crippen LogP contribution in [0.25, 0.3) is 0 Å². The fourth-order valence-electron chi connectivity index (χ4n) is 1.39. The number of nitrogens with one attached hydrogen (secondary N) is 1. The molecule has 0 aliphatic rings. The van der Waals surface area contributed by atoms with Crippen molar-refractivity contribution in [2.24, 2.45) is 0 Å². The van der Waals surface area contributed by atoms with Gasteiger partial charge in [-0.1, -0.05) is 11.3 Å². The van der Waals surface area contributed by atoms with Crippen LogP contribution in [0.4, 0.5) is 5.13 Å². The molecule has 0 aliphatic carbocycles. The lowest BCUT2D eigenvalue weighted by atomic mass is 10.5. The zero-order valence-corrected chi connectivity index (χ0v) is 15.1. The molecule has 0 saturated heterocycles. The van der Waals surface area contributed by atoms with Crippen LogP contribution in [0.15, 0.2) is 20.3 Å². The molecule has 11 heteroatoms. The molecule has 2 aromatic rings. The lowest BCUT2D eigenvalue weighted by Crippen LogP contribution is -2.26. The summed E-state index contributed by atoms with van der Waals surface area (Å²) in [7, 11) is -2.25. The maximum absolute atomic E-state index is 12.4. The molecule has 0 bridgehead atoms. The molecule has 0 fully saturated rings. The summed E-state index contributed by atoms with van der Waals surface area (Å²) in [6.07, 6.45) is 0. The molecule has 1 amide bonds. The number of anilines is 1. The number of hydrogen-bond acceptors (Lipinski definition) is 7. The molecule has 114 valence electrons. The molecular formula is C10H11BrN4O3S3. The van der Waals surface area contributed by atoms with Gasteiger partial charge in [-0.2, -0.15) is 4.31 Å². The van der Waals surface area contributed by atoms with Gasteiger partial charge in [-0.05, 0) is 22.0 Å². The number of rotatable bonds is 5. The Bertz CT molecular complexity index is 755. The highest BCUT2D eigenvalue weighted by Gasteiger charge is 2.26. The topological polar surface area (TPSA) is 92.3 Å². The first kappa shape index (κ1) is 16.5. The Labute approximate surface area is 138 Å². The fourth-order valence-corrected chi connectivity index (χ4v) is 5.26. The molecule has 7 nitrogen and oxygen atoms in total. The second-order valence-electron chi connectivity index (χ2n) is 4.05. The van der Waals surface area contributed by atoms with Gasteiger partial charge in [0, 0.05) is 35.2 Å². The number of amides is 1. The van der Waals surface area contributed by atoms with E-state index >= 15 is 0 Å². The van der Waals surface area contributed by atoms with Crippen LogP contribution in [0.2, 0.25) is 0 Å². The average molecular weight is 411 g/mol. The first-order valence-corrected chi connectivity index (χ1v) is 9.52. The molecule has 0 unspecified atom stereocenters. The highest BCUT2D eigenvalue weighted by Crippen LogP contribution is 2.26. The molecule has 2 aromatic heterocycles. The van der Waals surface area contributed by atoms with Crippen LogP contribution in [0, 0.1) is 0 Å². The number of nitrogens with zero attached hydrogens (tertiary/aromatic N) is 3. The SMILES string of the molecule is CC(=O)Nc1nnc(S(=O)(=O)N(C)Cc2cc(Br)cs2)s1. The zero-order chi connectivity index (χ0) is 15.6. The van der Waals surface area contributed by atoms with Gasteiger partial charge in [-0.3, -0.25) is 4.79 Å². The van der Waals surface area contributed by atoms with Crippen molar-refractivity contribution in [3.63, 3.8) is 0 Å². The van der Waals surface area contributed by atoms with Crippen LogP contribution in [0.5, 0.6) is 0 Å². The Morgan fingerprint density at radius 3 is 2.76 bits per heavy atom. The van der Waals surface area contributed by atoms with Gasteiger partial charge in [-0.25, -0.2) is 8.42 Å². The minimum atomic E-state index is -3.72. The minimum absolute atomic E-state index is 0.149. The van der Waals surface area contributed by atoms with Crippen LogP contribution in [0.3, 0.4) is 0 Å². The summed E-state index contributed by atoms with van der Waals surface area (Å²) in [5.74, 6) is -0.327. The molecule has 0 aliphatic heterocycles. The van der Waals surface area contributed by atoms with E-state index in [0.717, 1.165) is 20.7 Å². The monoisotopic (exact) mass is 410 g/mol. The van der Waals surface area contributed by atoms with Crippen LogP contribution < -0.4 is 5.32 Å². The van der Waals surface area contributed by atoms with Gasteiger partial charge in [0.2, 0.25) is 15.4 Å². The number of halogens is 1. The molecule has 0 atom stereocenters. The number of carbonyl (C=O) groups is 1. The molecule has 0 saturated carbocycles. The number of aromatic nitrogens is 2. The molecule has 0 spiro atoms. The number of hydrogen-bond donors (Lipinski definition) is 1. The minimum Gasteiger partial charge on any atom is -0.301 e. The summed E-state index contributed by atoms with van der Waals surface area (Å²) in [4.78, 5) is 11.8. The second kappa shape index (κ2) is 6.48. The van der Waals surface area contributed by atoms with Gasteiger partial charge in [0.1, 0.15) is 0 Å². The summed E-state index contributed by atoms with van der Waals surface area (Å²) < 4.78 is 26.7. The summed E-state index contributed by atoms with van der Waals surface area (Å²) in [6.45, 7) is 1.56. The van der Waals surface area contributed by atoms with Crippen LogP contribution in [-0.2, 0) is 21.4 Å². The average Bonchev–Trinajstić information content (AvgIpc) is 2.98. The predicted octanol–water partition coefficient (Wildman–Crippen LogP) is 2.14. The third kappa shape index (κ3) is 4.07. The Morgan fingerprint density at radius 1 is 1.48 bits per heavy atom. The van der Waals surface area contributed by atoms with E-state index in [1.807, 2.05) is 11.4 Å². The van der Waals surface area contributed by atoms with Gasteiger partial charge in [0.15, 0.2) is 0 Å². The number of thiophene rings is 1. The predicted molar refractivity (Wildman–Crippen MR) is 84.9 cm³/mol. The Kier molecular flexibility index (Phi) is 5.09. The molecule has 0 aromatic carbocycles. The largest absolute Gasteiger partial charge is 0.301 e. The van der Waals surface area contributed by atoms with Crippen molar-refractivity contribution < 1.29 is 13.2 Å². The van der Waals surface area contributed by atoms with Crippen molar-refractivity contribution in [2.75, 3.05) is 12.4 Å². The molecule has 1 N–H and O–H groups in total. The zero-order valence-electron chi connectivity index (χ0n) is 11.0. The van der Waals surface area contributed by atoms with E-state index in [9.17, 15) is 13.2 Å². The van der Waals surface area contributed by atoms with Crippen molar-refractivity contribution in [3.8, 4) is 0 Å². The quantitative estimate of drug-likeness (QED) is 0.762. The van der Waals surface area contributed by atoms with Crippen molar-refractivity contribution in [1.29, 1.82) is 0 Å². The van der Waals surface area contributed by atoms with E-state index in [1.54, 1.807) is 0 Å². The lowest BCUT2D eigenvalue weighted by molar-refractivity contribution is -0.114. The first-order chi connectivity index (χ1) is 9.79. The summed E-state index contributed by atoms with van der Waals surface area (Å²) in [5, 5.41) is 11.7. The van der Waals surface area contributed by atoms with Crippen molar-refractivity contribution in [1.82, 2.24) is 14.5 Å². The highest BCUT2D eigenvalue weighted by molar-refractivity contribution is 9.10. The number of carbonyl (C=O) groups excluding carboxylic acids is 1. The smallest absolute Gasteiger partial charge is 0.272 e. The summed E-state index contributed by atoms with van der Waals surface area (Å²) in [5.41, 5.74) is 0. The van der Waals surface area contributed by atoms with E-state index < -0.39 is 10.0 Å². The maximum Gasteiger partial charge on any atom is 0.272 e. The van der Waals surface area contributed by atoms with Crippen LogP contribution >= 0.6 is 38.6 Å². The highest BCUT2D eigenvalue weighted by atomic mass is 79.9. The van der Waals surface area contributed by atoms with E-state index in [1.165, 1.54) is 29.6 Å². The fraction of sp³-hybridized carbons (Fsp3) is 0.300. The molecule has 21 heavy (non-hydrogen) atoms. The standard InChI is InChI=1S/C10H11BrN4O3S3/c1-6(16)12-9-13-14-10(20-9)21(17,18)15(2)4-8-3-7(11)5-19-8/h3,5H,4H2,1-2H3,(H,12,13,16). The Balaban J connectivity index is 2.16. The number of sulfonamides is 1. The molecule has 2 heterocycles. The van der Waals surface area contributed by atoms with E-state index in [0.29, 0.717) is 0 Å². The molecule has 0 radical (unpaired) electrons. The van der Waals surface area contributed by atoms with Crippen molar-refractivity contribution in [3.05, 3.63) is 20.8 Å². The summed E-state index contributed by atoms with van der Waals surface area (Å²) >= 11 is 5.61. The van der Waals surface area contributed by atoms with E-state index in [-0.39, 0.29) is 21.9 Å². The van der Waals surface area contributed by atoms with Crippen molar-refractivity contribution in [2.45, 2.75) is 17.8 Å². The third-order valence-electron chi connectivity index (χ3n) is 2.32. The van der Waals surface area contributed by atoms with Gasteiger partial charge in [0.25, 0.3) is 10.0 Å². The second-order valence-corrected chi connectivity index (χ2v) is 9.15. The first-order valence-electron chi connectivity index (χ1n) is 5.59. The Hall–Kier alpha value is -0.880. The maximum atomic E-state index is 12.4. The van der Waals surface area contributed by atoms with E-state index in [2.05, 4.69) is 31.4 Å². The Morgan fingerprint density at radius 2 is 2.19 bits per heavy atom.